The summed E-state index contributed by atoms with van der Waals surface area (Å²) in [5, 5.41) is 11.4. The average Bonchev–Trinajstić information content (AvgIpc) is 2.17. The largest absolute Gasteiger partial charge is 0.623 e. The van der Waals surface area contributed by atoms with E-state index >= 15 is 0 Å². The molecule has 0 atom stereocenters. The first-order valence-electron chi connectivity index (χ1n) is 4.31. The van der Waals surface area contributed by atoms with Gasteiger partial charge < -0.3 is 10.9 Å². The van der Waals surface area contributed by atoms with Gasteiger partial charge in [0.05, 0.1) is 5.56 Å². The van der Waals surface area contributed by atoms with E-state index in [9.17, 15) is 10.0 Å². The Kier molecular flexibility index (Phi) is 1.96. The molecule has 1 aliphatic rings. The van der Waals surface area contributed by atoms with Crippen molar-refractivity contribution in [3.05, 3.63) is 40.6 Å². The Labute approximate surface area is 81.2 Å². The van der Waals surface area contributed by atoms with Crippen LogP contribution in [0.2, 0.25) is 0 Å². The van der Waals surface area contributed by atoms with Gasteiger partial charge in [-0.1, -0.05) is 12.1 Å². The monoisotopic (exact) mass is 189 g/mol. The number of amides is 1. The summed E-state index contributed by atoms with van der Waals surface area (Å²) in [7, 11) is 0. The van der Waals surface area contributed by atoms with E-state index in [1.165, 1.54) is 0 Å². The van der Waals surface area contributed by atoms with Crippen LogP contribution in [0.15, 0.2) is 18.2 Å². The molecule has 0 unspecified atom stereocenters. The van der Waals surface area contributed by atoms with Crippen LogP contribution in [-0.4, -0.2) is 22.9 Å². The minimum Gasteiger partial charge on any atom is -0.623 e. The van der Waals surface area contributed by atoms with E-state index in [-0.39, 0.29) is 12.3 Å². The number of rotatable bonds is 1. The van der Waals surface area contributed by atoms with E-state index in [1.807, 2.05) is 0 Å². The van der Waals surface area contributed by atoms with Gasteiger partial charge in [0.15, 0.2) is 6.54 Å². The standard InChI is InChI=1S/C10H9N2O2/c11-10(13)9-8-4-2-1-3-7(8)5-6-12(9)14/h2-4H,5-6H2,(H2,11,13). The molecule has 4 heteroatoms. The Morgan fingerprint density at radius 3 is 3.14 bits per heavy atom. The number of hydrogen-bond donors (Lipinski definition) is 1. The second-order valence-electron chi connectivity index (χ2n) is 3.15. The zero-order valence-corrected chi connectivity index (χ0v) is 7.49. The molecule has 14 heavy (non-hydrogen) atoms. The van der Waals surface area contributed by atoms with E-state index in [2.05, 4.69) is 6.07 Å². The van der Waals surface area contributed by atoms with Crippen molar-refractivity contribution in [3.8, 4) is 0 Å². The first-order valence-corrected chi connectivity index (χ1v) is 4.31. The third kappa shape index (κ3) is 1.25. The first-order chi connectivity index (χ1) is 6.70. The number of carbonyl (C=O) groups excluding carboxylic acids is 1. The van der Waals surface area contributed by atoms with Crippen LogP contribution in [0.4, 0.5) is 0 Å². The Bertz CT molecular complexity index is 424. The number of carbonyl (C=O) groups is 1. The van der Waals surface area contributed by atoms with Gasteiger partial charge in [-0.25, -0.2) is 0 Å². The normalized spacial score (nSPS) is 15.1. The Morgan fingerprint density at radius 1 is 1.64 bits per heavy atom. The number of nitrogens with zero attached hydrogens (tertiary/aromatic N) is 1. The summed E-state index contributed by atoms with van der Waals surface area (Å²) in [5.41, 5.74) is 6.79. The smallest absolute Gasteiger partial charge is 0.315 e. The van der Waals surface area contributed by atoms with Gasteiger partial charge >= 0.3 is 5.91 Å². The summed E-state index contributed by atoms with van der Waals surface area (Å²) in [6.07, 6.45) is 0.632. The fourth-order valence-electron chi connectivity index (χ4n) is 1.63. The number of hydroxylamine groups is 1. The summed E-state index contributed by atoms with van der Waals surface area (Å²) >= 11 is 0. The molecule has 2 N–H and O–H groups in total. The van der Waals surface area contributed by atoms with Gasteiger partial charge in [-0.3, -0.25) is 4.79 Å². The molecule has 1 radical (unpaired) electrons. The zero-order chi connectivity index (χ0) is 10.1. The summed E-state index contributed by atoms with van der Waals surface area (Å²) < 4.78 is 0.657. The fourth-order valence-corrected chi connectivity index (χ4v) is 1.63. The highest BCUT2D eigenvalue weighted by molar-refractivity contribution is 6.43. The van der Waals surface area contributed by atoms with Crippen molar-refractivity contribution in [3.63, 3.8) is 0 Å². The molecule has 0 fully saturated rings. The molecule has 0 spiro atoms. The third-order valence-corrected chi connectivity index (χ3v) is 2.27. The van der Waals surface area contributed by atoms with Gasteiger partial charge in [0.2, 0.25) is 0 Å². The molecule has 0 saturated heterocycles. The second-order valence-corrected chi connectivity index (χ2v) is 3.15. The average molecular weight is 189 g/mol. The molecular weight excluding hydrogens is 180 g/mol. The summed E-state index contributed by atoms with van der Waals surface area (Å²) in [4.78, 5) is 11.1. The lowest BCUT2D eigenvalue weighted by atomic mass is 9.97. The van der Waals surface area contributed by atoms with Gasteiger partial charge in [-0.2, -0.15) is 4.74 Å². The van der Waals surface area contributed by atoms with Crippen LogP contribution in [-0.2, 0) is 11.2 Å². The second kappa shape index (κ2) is 3.14. The van der Waals surface area contributed by atoms with Crippen molar-refractivity contribution < 1.29 is 9.53 Å². The maximum atomic E-state index is 11.4. The highest BCUT2D eigenvalue weighted by atomic mass is 16.5. The number of primary amides is 1. The number of nitrogens with two attached hydrogens (primary N) is 1. The molecule has 0 bridgehead atoms. The predicted octanol–water partition coefficient (Wildman–Crippen LogP) is -0.172. The lowest BCUT2D eigenvalue weighted by Crippen LogP contribution is -2.36. The summed E-state index contributed by atoms with van der Waals surface area (Å²) in [6, 6.07) is 8.05. The van der Waals surface area contributed by atoms with Crippen molar-refractivity contribution in [1.82, 2.24) is 0 Å². The quantitative estimate of drug-likeness (QED) is 0.492. The molecule has 1 amide bonds. The maximum absolute atomic E-state index is 11.4. The topological polar surface area (TPSA) is 69.2 Å². The number of fused-ring (bicyclic) bond motifs is 1. The molecule has 0 aliphatic carbocycles. The van der Waals surface area contributed by atoms with E-state index < -0.39 is 5.91 Å². The van der Waals surface area contributed by atoms with Crippen LogP contribution in [0, 0.1) is 11.3 Å². The van der Waals surface area contributed by atoms with Crippen LogP contribution in [0.3, 0.4) is 0 Å². The molecular formula is C10H9N2O2. The van der Waals surface area contributed by atoms with E-state index in [1.54, 1.807) is 18.2 Å². The van der Waals surface area contributed by atoms with Crippen LogP contribution in [0.5, 0.6) is 0 Å². The molecule has 1 heterocycles. The molecule has 1 aromatic rings. The van der Waals surface area contributed by atoms with Crippen molar-refractivity contribution in [2.24, 2.45) is 5.73 Å². The van der Waals surface area contributed by atoms with Crippen LogP contribution in [0.1, 0.15) is 11.1 Å². The maximum Gasteiger partial charge on any atom is 0.315 e. The Balaban J connectivity index is 2.62. The Hall–Kier alpha value is -1.84. The van der Waals surface area contributed by atoms with Gasteiger partial charge in [-0.15, -0.1) is 0 Å². The van der Waals surface area contributed by atoms with Crippen LogP contribution in [0.25, 0.3) is 0 Å². The van der Waals surface area contributed by atoms with Crippen molar-refractivity contribution in [2.45, 2.75) is 6.42 Å². The van der Waals surface area contributed by atoms with E-state index in [4.69, 9.17) is 5.73 Å². The van der Waals surface area contributed by atoms with Crippen molar-refractivity contribution in [2.75, 3.05) is 6.54 Å². The van der Waals surface area contributed by atoms with Crippen molar-refractivity contribution in [1.29, 1.82) is 0 Å². The van der Waals surface area contributed by atoms with E-state index in [0.717, 1.165) is 5.56 Å². The lowest BCUT2D eigenvalue weighted by Gasteiger charge is -2.16. The minimum atomic E-state index is -0.674. The molecule has 1 aromatic carbocycles. The van der Waals surface area contributed by atoms with Crippen LogP contribution >= 0.6 is 0 Å². The van der Waals surface area contributed by atoms with Gasteiger partial charge in [0.25, 0.3) is 5.71 Å². The molecule has 71 valence electrons. The third-order valence-electron chi connectivity index (χ3n) is 2.27. The van der Waals surface area contributed by atoms with Gasteiger partial charge in [-0.05, 0) is 17.7 Å². The SMILES string of the molecule is NC(=O)C1=[N+]([O-])CCc2c[c]ccc21. The molecule has 2 rings (SSSR count). The fraction of sp³-hybridized carbons (Fsp3) is 0.200. The number of benzene rings is 1. The highest BCUT2D eigenvalue weighted by Crippen LogP contribution is 2.14. The number of hydrogen-bond acceptors (Lipinski definition) is 2. The van der Waals surface area contributed by atoms with Gasteiger partial charge in [0, 0.05) is 6.42 Å². The highest BCUT2D eigenvalue weighted by Gasteiger charge is 2.26. The Morgan fingerprint density at radius 2 is 2.43 bits per heavy atom. The summed E-state index contributed by atoms with van der Waals surface area (Å²) in [6.45, 7) is 0.281. The predicted molar refractivity (Wildman–Crippen MR) is 50.8 cm³/mol. The first kappa shape index (κ1) is 8.74. The molecule has 0 aromatic heterocycles. The van der Waals surface area contributed by atoms with Gasteiger partial charge in [0.1, 0.15) is 0 Å². The van der Waals surface area contributed by atoms with E-state index in [0.29, 0.717) is 16.7 Å². The zero-order valence-electron chi connectivity index (χ0n) is 7.49. The lowest BCUT2D eigenvalue weighted by molar-refractivity contribution is -0.457. The minimum absolute atomic E-state index is 0.0558. The molecule has 1 aliphatic heterocycles. The van der Waals surface area contributed by atoms with Crippen LogP contribution < -0.4 is 5.73 Å². The summed E-state index contributed by atoms with van der Waals surface area (Å²) in [5.74, 6) is -0.674. The van der Waals surface area contributed by atoms with Crippen molar-refractivity contribution >= 4 is 11.6 Å². The molecule has 4 nitrogen and oxygen atoms in total. The molecule has 0 saturated carbocycles.